The van der Waals surface area contributed by atoms with Crippen LogP contribution in [0.3, 0.4) is 0 Å². The van der Waals surface area contributed by atoms with Crippen molar-refractivity contribution in [3.63, 3.8) is 0 Å². The number of hydrogen-bond donors (Lipinski definition) is 3. The Kier molecular flexibility index (Phi) is 10.4. The third kappa shape index (κ3) is 8.12. The molecule has 37 heavy (non-hydrogen) atoms. The number of hydrogen-bond acceptors (Lipinski definition) is 5. The minimum absolute atomic E-state index is 0.0434. The number of amides is 3. The number of para-hydroxylation sites is 1. The van der Waals surface area contributed by atoms with Gasteiger partial charge in [-0.25, -0.2) is 4.79 Å². The Labute approximate surface area is 224 Å². The van der Waals surface area contributed by atoms with Crippen molar-refractivity contribution in [2.75, 3.05) is 11.9 Å². The molecule has 0 radical (unpaired) electrons. The summed E-state index contributed by atoms with van der Waals surface area (Å²) in [4.78, 5) is 41.7. The van der Waals surface area contributed by atoms with Crippen molar-refractivity contribution in [2.45, 2.75) is 72.6 Å². The molecule has 3 amide bonds. The van der Waals surface area contributed by atoms with Gasteiger partial charge >= 0.3 is 6.09 Å². The van der Waals surface area contributed by atoms with E-state index in [1.54, 1.807) is 52.0 Å². The minimum Gasteiger partial charge on any atom is -0.508 e. The molecule has 3 atom stereocenters. The van der Waals surface area contributed by atoms with Crippen LogP contribution in [0.1, 0.15) is 65.1 Å². The van der Waals surface area contributed by atoms with E-state index in [1.807, 2.05) is 26.8 Å². The summed E-state index contributed by atoms with van der Waals surface area (Å²) < 4.78 is 5.39. The number of ether oxygens (including phenoxy) is 1. The quantitative estimate of drug-likeness (QED) is 0.378. The summed E-state index contributed by atoms with van der Waals surface area (Å²) in [7, 11) is 0. The van der Waals surface area contributed by atoms with Gasteiger partial charge < -0.3 is 25.4 Å². The van der Waals surface area contributed by atoms with Gasteiger partial charge in [0.25, 0.3) is 5.91 Å². The maximum Gasteiger partial charge on any atom is 0.408 e. The first-order chi connectivity index (χ1) is 17.3. The normalized spacial score (nSPS) is 13.7. The Hall–Kier alpha value is -3.26. The number of carbonyl (C=O) groups is 3. The largest absolute Gasteiger partial charge is 0.508 e. The second kappa shape index (κ2) is 12.8. The molecule has 3 N–H and O–H groups in total. The lowest BCUT2D eigenvalue weighted by atomic mass is 9.95. The van der Waals surface area contributed by atoms with Crippen molar-refractivity contribution in [3.8, 4) is 5.75 Å². The van der Waals surface area contributed by atoms with Crippen LogP contribution in [0.25, 0.3) is 0 Å². The topological polar surface area (TPSA) is 108 Å². The molecule has 9 heteroatoms. The number of aromatic hydroxyl groups is 1. The zero-order valence-corrected chi connectivity index (χ0v) is 23.3. The fourth-order valence-corrected chi connectivity index (χ4v) is 4.18. The highest BCUT2D eigenvalue weighted by molar-refractivity contribution is 6.34. The van der Waals surface area contributed by atoms with E-state index in [1.165, 1.54) is 17.0 Å². The minimum atomic E-state index is -1.10. The number of carbonyl (C=O) groups excluding carboxylic acids is 3. The SMILES string of the molecule is CCC(C)C(NC(=O)OC(C)(C)C)C(=O)N(CC)C(C(=O)Nc1c(C)cccc1Cl)c1cccc(O)c1. The second-order valence-corrected chi connectivity index (χ2v) is 10.5. The van der Waals surface area contributed by atoms with Gasteiger partial charge in [-0.3, -0.25) is 9.59 Å². The highest BCUT2D eigenvalue weighted by Crippen LogP contribution is 2.31. The molecule has 2 rings (SSSR count). The van der Waals surface area contributed by atoms with Crippen LogP contribution in [-0.2, 0) is 14.3 Å². The molecule has 202 valence electrons. The lowest BCUT2D eigenvalue weighted by Crippen LogP contribution is -2.54. The molecule has 0 bridgehead atoms. The Morgan fingerprint density at radius 1 is 1.11 bits per heavy atom. The van der Waals surface area contributed by atoms with Crippen LogP contribution in [-0.4, -0.2) is 46.1 Å². The van der Waals surface area contributed by atoms with Crippen LogP contribution in [0.4, 0.5) is 10.5 Å². The van der Waals surface area contributed by atoms with E-state index < -0.39 is 35.6 Å². The molecule has 0 spiro atoms. The molecular formula is C28H38ClN3O5. The van der Waals surface area contributed by atoms with Gasteiger partial charge in [0.1, 0.15) is 23.4 Å². The van der Waals surface area contributed by atoms with Gasteiger partial charge in [0.2, 0.25) is 5.91 Å². The number of phenolic OH excluding ortho intramolecular Hbond substituents is 1. The second-order valence-electron chi connectivity index (χ2n) is 10.1. The zero-order chi connectivity index (χ0) is 27.9. The summed E-state index contributed by atoms with van der Waals surface area (Å²) in [5, 5.41) is 16.1. The predicted molar refractivity (Wildman–Crippen MR) is 146 cm³/mol. The Morgan fingerprint density at radius 3 is 2.30 bits per heavy atom. The summed E-state index contributed by atoms with van der Waals surface area (Å²) in [5.41, 5.74) is 0.869. The predicted octanol–water partition coefficient (Wildman–Crippen LogP) is 5.82. The summed E-state index contributed by atoms with van der Waals surface area (Å²) in [6, 6.07) is 9.42. The number of nitrogens with one attached hydrogen (secondary N) is 2. The molecule has 0 aliphatic rings. The Balaban J connectivity index is 2.51. The number of aryl methyl sites for hydroxylation is 1. The zero-order valence-electron chi connectivity index (χ0n) is 22.6. The van der Waals surface area contributed by atoms with Gasteiger partial charge in [0, 0.05) is 6.54 Å². The summed E-state index contributed by atoms with van der Waals surface area (Å²) >= 11 is 6.35. The van der Waals surface area contributed by atoms with Gasteiger partial charge in [-0.15, -0.1) is 0 Å². The molecule has 0 aliphatic carbocycles. The van der Waals surface area contributed by atoms with Gasteiger partial charge in [-0.1, -0.05) is 56.1 Å². The molecule has 2 aromatic rings. The number of alkyl carbamates (subject to hydrolysis) is 1. The standard InChI is InChI=1S/C28H38ClN3O5/c1-8-17(3)23(31-27(36)37-28(5,6)7)26(35)32(9-2)24(19-13-11-14-20(33)16-19)25(34)30-22-18(4)12-10-15-21(22)29/h10-17,23-24,33H,8-9H2,1-7H3,(H,30,34)(H,31,36). The van der Waals surface area contributed by atoms with Crippen LogP contribution in [0.2, 0.25) is 5.02 Å². The van der Waals surface area contributed by atoms with Gasteiger partial charge in [0.05, 0.1) is 10.7 Å². The average Bonchev–Trinajstić information content (AvgIpc) is 2.81. The molecule has 0 fully saturated rings. The first kappa shape index (κ1) is 30.0. The molecule has 0 heterocycles. The van der Waals surface area contributed by atoms with Gasteiger partial charge in [-0.05, 0) is 69.9 Å². The van der Waals surface area contributed by atoms with Crippen molar-refractivity contribution < 1.29 is 24.2 Å². The van der Waals surface area contributed by atoms with Gasteiger partial charge in [0.15, 0.2) is 0 Å². The molecule has 0 saturated carbocycles. The highest BCUT2D eigenvalue weighted by Gasteiger charge is 2.37. The van der Waals surface area contributed by atoms with Crippen molar-refractivity contribution in [3.05, 3.63) is 58.6 Å². The maximum atomic E-state index is 14.0. The van der Waals surface area contributed by atoms with E-state index in [0.717, 1.165) is 5.56 Å². The Morgan fingerprint density at radius 2 is 1.76 bits per heavy atom. The summed E-state index contributed by atoms with van der Waals surface area (Å²) in [6.07, 6.45) is -0.113. The number of rotatable bonds is 9. The fourth-order valence-electron chi connectivity index (χ4n) is 3.91. The lowest BCUT2D eigenvalue weighted by molar-refractivity contribution is -0.141. The number of phenols is 1. The van der Waals surface area contributed by atoms with Crippen LogP contribution < -0.4 is 10.6 Å². The Bertz CT molecular complexity index is 1090. The van der Waals surface area contributed by atoms with Crippen molar-refractivity contribution in [2.24, 2.45) is 5.92 Å². The van der Waals surface area contributed by atoms with Crippen LogP contribution >= 0.6 is 11.6 Å². The van der Waals surface area contributed by atoms with E-state index in [4.69, 9.17) is 16.3 Å². The van der Waals surface area contributed by atoms with E-state index >= 15 is 0 Å². The molecule has 3 unspecified atom stereocenters. The molecule has 0 aromatic heterocycles. The van der Waals surface area contributed by atoms with Crippen LogP contribution in [0, 0.1) is 12.8 Å². The van der Waals surface area contributed by atoms with Crippen molar-refractivity contribution >= 4 is 35.2 Å². The summed E-state index contributed by atoms with van der Waals surface area (Å²) in [6.45, 7) is 12.7. The van der Waals surface area contributed by atoms with E-state index in [-0.39, 0.29) is 18.2 Å². The number of benzene rings is 2. The van der Waals surface area contributed by atoms with Crippen LogP contribution in [0.5, 0.6) is 5.75 Å². The van der Waals surface area contributed by atoms with Crippen molar-refractivity contribution in [1.29, 1.82) is 0 Å². The van der Waals surface area contributed by atoms with E-state index in [0.29, 0.717) is 22.7 Å². The molecule has 8 nitrogen and oxygen atoms in total. The first-order valence-corrected chi connectivity index (χ1v) is 12.8. The van der Waals surface area contributed by atoms with Gasteiger partial charge in [-0.2, -0.15) is 0 Å². The smallest absolute Gasteiger partial charge is 0.408 e. The lowest BCUT2D eigenvalue weighted by Gasteiger charge is -2.35. The molecule has 2 aromatic carbocycles. The van der Waals surface area contributed by atoms with E-state index in [9.17, 15) is 19.5 Å². The third-order valence-electron chi connectivity index (χ3n) is 5.99. The molecular weight excluding hydrogens is 494 g/mol. The number of anilines is 1. The van der Waals surface area contributed by atoms with Crippen LogP contribution in [0.15, 0.2) is 42.5 Å². The molecule has 0 saturated heterocycles. The average molecular weight is 532 g/mol. The number of halogens is 1. The number of likely N-dealkylation sites (N-methyl/N-ethyl adjacent to an activating group) is 1. The first-order valence-electron chi connectivity index (χ1n) is 12.4. The number of nitrogens with zero attached hydrogens (tertiary/aromatic N) is 1. The highest BCUT2D eigenvalue weighted by atomic mass is 35.5. The third-order valence-corrected chi connectivity index (χ3v) is 6.31. The van der Waals surface area contributed by atoms with Crippen molar-refractivity contribution in [1.82, 2.24) is 10.2 Å². The summed E-state index contributed by atoms with van der Waals surface area (Å²) in [5.74, 6) is -1.23. The fraction of sp³-hybridized carbons (Fsp3) is 0.464. The monoisotopic (exact) mass is 531 g/mol. The maximum absolute atomic E-state index is 14.0. The molecule has 0 aliphatic heterocycles. The van der Waals surface area contributed by atoms with E-state index in [2.05, 4.69) is 10.6 Å².